The van der Waals surface area contributed by atoms with E-state index >= 15 is 0 Å². The van der Waals surface area contributed by atoms with Gasteiger partial charge in [0.05, 0.1) is 33.6 Å². The number of rotatable bonds is 8. The minimum atomic E-state index is -0.681. The molecule has 0 amide bonds. The van der Waals surface area contributed by atoms with Crippen LogP contribution >= 0.6 is 11.3 Å². The standard InChI is InChI=1S/C25H34N6O3S/c1-14-19(23-29-16-8-6-7-9-18(16)35-23)22(30-24(27-14)26-10-11-31(4)5)28-17-12-15(13-32)20-21(17)34-25(2,3)33-20/h6-9,15,17,20-21,32H,10-13H2,1-5H3,(H2,26,27,28,30)/t15-,17-,20-,21+/m1/s1. The molecule has 1 aliphatic carbocycles. The fourth-order valence-electron chi connectivity index (χ4n) is 4.97. The number of benzene rings is 1. The van der Waals surface area contributed by atoms with E-state index in [1.165, 1.54) is 0 Å². The maximum Gasteiger partial charge on any atom is 0.224 e. The van der Waals surface area contributed by atoms with Crippen LogP contribution in [0, 0.1) is 12.8 Å². The molecular formula is C25H34N6O3S. The molecule has 4 atom stereocenters. The highest BCUT2D eigenvalue weighted by Gasteiger charge is 2.54. The molecule has 3 heterocycles. The van der Waals surface area contributed by atoms with Gasteiger partial charge >= 0.3 is 0 Å². The van der Waals surface area contributed by atoms with Crippen LogP contribution in [0.15, 0.2) is 24.3 Å². The lowest BCUT2D eigenvalue weighted by molar-refractivity contribution is -0.158. The molecule has 1 saturated heterocycles. The summed E-state index contributed by atoms with van der Waals surface area (Å²) in [5.74, 6) is 0.624. The average molecular weight is 499 g/mol. The highest BCUT2D eigenvalue weighted by Crippen LogP contribution is 2.44. The van der Waals surface area contributed by atoms with E-state index in [0.717, 1.165) is 51.8 Å². The van der Waals surface area contributed by atoms with Crippen molar-refractivity contribution in [1.82, 2.24) is 19.9 Å². The third-order valence-corrected chi connectivity index (χ3v) is 7.63. The van der Waals surface area contributed by atoms with Crippen LogP contribution in [0.2, 0.25) is 0 Å². The van der Waals surface area contributed by atoms with Gasteiger partial charge in [0.1, 0.15) is 16.9 Å². The molecular weight excluding hydrogens is 464 g/mol. The second kappa shape index (κ2) is 9.59. The largest absolute Gasteiger partial charge is 0.396 e. The molecule has 1 aromatic carbocycles. The fraction of sp³-hybridized carbons (Fsp3) is 0.560. The first kappa shape index (κ1) is 24.3. The van der Waals surface area contributed by atoms with Crippen molar-refractivity contribution in [2.45, 2.75) is 51.2 Å². The van der Waals surface area contributed by atoms with E-state index in [1.807, 2.05) is 53.1 Å². The Balaban J connectivity index is 1.51. The Morgan fingerprint density at radius 2 is 1.91 bits per heavy atom. The van der Waals surface area contributed by atoms with Gasteiger partial charge < -0.3 is 30.1 Å². The Kier molecular flexibility index (Phi) is 6.67. The number of likely N-dealkylation sites (N-methyl/N-ethyl adjacent to an activating group) is 1. The zero-order chi connectivity index (χ0) is 24.7. The quantitative estimate of drug-likeness (QED) is 0.431. The first-order valence-electron chi connectivity index (χ1n) is 12.1. The molecule has 0 spiro atoms. The summed E-state index contributed by atoms with van der Waals surface area (Å²) in [4.78, 5) is 16.7. The molecule has 0 unspecified atom stereocenters. The number of aromatic nitrogens is 3. The minimum absolute atomic E-state index is 0.00537. The number of thiazole rings is 1. The van der Waals surface area contributed by atoms with E-state index in [-0.39, 0.29) is 30.8 Å². The van der Waals surface area contributed by atoms with E-state index in [9.17, 15) is 5.11 Å². The van der Waals surface area contributed by atoms with Crippen LogP contribution < -0.4 is 10.6 Å². The predicted molar refractivity (Wildman–Crippen MR) is 139 cm³/mol. The highest BCUT2D eigenvalue weighted by molar-refractivity contribution is 7.21. The number of aryl methyl sites for hydroxylation is 1. The SMILES string of the molecule is Cc1nc(NCCN(C)C)nc(N[C@@H]2C[C@H](CO)[C@H]3OC(C)(C)O[C@H]32)c1-c1nc2ccccc2s1. The normalized spacial score (nSPS) is 25.3. The molecule has 2 aliphatic rings. The van der Waals surface area contributed by atoms with Crippen LogP contribution in [-0.2, 0) is 9.47 Å². The Morgan fingerprint density at radius 3 is 2.66 bits per heavy atom. The van der Waals surface area contributed by atoms with Gasteiger partial charge in [-0.1, -0.05) is 12.1 Å². The van der Waals surface area contributed by atoms with Gasteiger partial charge in [0.25, 0.3) is 0 Å². The second-order valence-electron chi connectivity index (χ2n) is 10.1. The summed E-state index contributed by atoms with van der Waals surface area (Å²) in [5.41, 5.74) is 2.71. The first-order valence-corrected chi connectivity index (χ1v) is 12.9. The summed E-state index contributed by atoms with van der Waals surface area (Å²) in [7, 11) is 4.08. The van der Waals surface area contributed by atoms with Crippen molar-refractivity contribution >= 4 is 33.3 Å². The molecule has 1 aliphatic heterocycles. The Bertz CT molecular complexity index is 1170. The van der Waals surface area contributed by atoms with E-state index < -0.39 is 5.79 Å². The number of hydrogen-bond donors (Lipinski definition) is 3. The van der Waals surface area contributed by atoms with Gasteiger partial charge in [-0.2, -0.15) is 4.98 Å². The van der Waals surface area contributed by atoms with Crippen molar-refractivity contribution in [3.63, 3.8) is 0 Å². The number of aliphatic hydroxyl groups excluding tert-OH is 1. The average Bonchev–Trinajstić information content (AvgIpc) is 3.44. The van der Waals surface area contributed by atoms with E-state index in [4.69, 9.17) is 24.4 Å². The lowest BCUT2D eigenvalue weighted by atomic mass is 10.1. The van der Waals surface area contributed by atoms with E-state index in [2.05, 4.69) is 21.6 Å². The molecule has 0 bridgehead atoms. The second-order valence-corrected chi connectivity index (χ2v) is 11.1. The van der Waals surface area contributed by atoms with Gasteiger partial charge in [0.2, 0.25) is 5.95 Å². The molecule has 5 rings (SSSR count). The van der Waals surface area contributed by atoms with E-state index in [1.54, 1.807) is 11.3 Å². The van der Waals surface area contributed by atoms with Crippen molar-refractivity contribution in [2.24, 2.45) is 5.92 Å². The number of hydrogen-bond acceptors (Lipinski definition) is 10. The summed E-state index contributed by atoms with van der Waals surface area (Å²) < 4.78 is 13.5. The van der Waals surface area contributed by atoms with Crippen molar-refractivity contribution in [3.05, 3.63) is 30.0 Å². The lowest BCUT2D eigenvalue weighted by Gasteiger charge is -2.25. The molecule has 3 aromatic rings. The molecule has 0 radical (unpaired) electrons. The van der Waals surface area contributed by atoms with Crippen LogP contribution in [0.1, 0.15) is 26.0 Å². The summed E-state index contributed by atoms with van der Waals surface area (Å²) in [6, 6.07) is 8.07. The smallest absolute Gasteiger partial charge is 0.224 e. The zero-order valence-corrected chi connectivity index (χ0v) is 21.7. The molecule has 2 fully saturated rings. The molecule has 9 nitrogen and oxygen atoms in total. The number of aliphatic hydroxyl groups is 1. The predicted octanol–water partition coefficient (Wildman–Crippen LogP) is 3.35. The molecule has 3 N–H and O–H groups in total. The summed E-state index contributed by atoms with van der Waals surface area (Å²) in [6.45, 7) is 7.51. The van der Waals surface area contributed by atoms with Gasteiger partial charge in [0.15, 0.2) is 5.79 Å². The Morgan fingerprint density at radius 1 is 1.14 bits per heavy atom. The van der Waals surface area contributed by atoms with Gasteiger partial charge in [-0.05, 0) is 53.4 Å². The third kappa shape index (κ3) is 4.99. The Labute approximate surface area is 209 Å². The molecule has 1 saturated carbocycles. The van der Waals surface area contributed by atoms with Crippen molar-refractivity contribution in [1.29, 1.82) is 0 Å². The lowest BCUT2D eigenvalue weighted by Crippen LogP contribution is -2.35. The van der Waals surface area contributed by atoms with Gasteiger partial charge in [-0.15, -0.1) is 11.3 Å². The number of nitrogens with zero attached hydrogens (tertiary/aromatic N) is 4. The highest BCUT2D eigenvalue weighted by atomic mass is 32.1. The number of ether oxygens (including phenoxy) is 2. The van der Waals surface area contributed by atoms with Crippen molar-refractivity contribution < 1.29 is 14.6 Å². The molecule has 10 heteroatoms. The maximum absolute atomic E-state index is 10.00. The number of fused-ring (bicyclic) bond motifs is 2. The molecule has 35 heavy (non-hydrogen) atoms. The zero-order valence-electron chi connectivity index (χ0n) is 20.9. The van der Waals surface area contributed by atoms with Crippen LogP contribution in [0.3, 0.4) is 0 Å². The van der Waals surface area contributed by atoms with Crippen molar-refractivity contribution in [3.8, 4) is 10.6 Å². The number of anilines is 2. The summed E-state index contributed by atoms with van der Waals surface area (Å²) in [6.07, 6.45) is 0.401. The molecule has 188 valence electrons. The van der Waals surface area contributed by atoms with Crippen LogP contribution in [0.5, 0.6) is 0 Å². The van der Waals surface area contributed by atoms with Crippen LogP contribution in [-0.4, -0.2) is 82.8 Å². The fourth-order valence-corrected chi connectivity index (χ4v) is 6.03. The van der Waals surface area contributed by atoms with Crippen LogP contribution in [0.25, 0.3) is 20.8 Å². The monoisotopic (exact) mass is 498 g/mol. The summed E-state index contributed by atoms with van der Waals surface area (Å²) in [5, 5.41) is 17.9. The van der Waals surface area contributed by atoms with Gasteiger partial charge in [0, 0.05) is 25.6 Å². The van der Waals surface area contributed by atoms with Crippen LogP contribution in [0.4, 0.5) is 11.8 Å². The molecule has 2 aromatic heterocycles. The number of nitrogens with one attached hydrogen (secondary N) is 2. The maximum atomic E-state index is 10.00. The van der Waals surface area contributed by atoms with Gasteiger partial charge in [-0.25, -0.2) is 9.97 Å². The summed E-state index contributed by atoms with van der Waals surface area (Å²) >= 11 is 1.63. The Hall–Kier alpha value is -2.37. The first-order chi connectivity index (χ1) is 16.7. The minimum Gasteiger partial charge on any atom is -0.396 e. The van der Waals surface area contributed by atoms with Crippen molar-refractivity contribution in [2.75, 3.05) is 44.4 Å². The topological polar surface area (TPSA) is 105 Å². The van der Waals surface area contributed by atoms with Gasteiger partial charge in [-0.3, -0.25) is 0 Å². The van der Waals surface area contributed by atoms with E-state index in [0.29, 0.717) is 5.95 Å². The number of para-hydroxylation sites is 1. The third-order valence-electron chi connectivity index (χ3n) is 6.58.